The molecule has 2 heterocycles. The Morgan fingerprint density at radius 1 is 1.32 bits per heavy atom. The monoisotopic (exact) mass is 294 g/mol. The number of nitrogens with zero attached hydrogens (tertiary/aromatic N) is 3. The van der Waals surface area contributed by atoms with Crippen molar-refractivity contribution in [2.24, 2.45) is 5.92 Å². The summed E-state index contributed by atoms with van der Waals surface area (Å²) in [4.78, 5) is 6.77. The molecule has 2 aromatic rings. The number of para-hydroxylation sites is 1. The number of anilines is 1. The molecule has 1 fully saturated rings. The maximum atomic E-state index is 9.45. The predicted molar refractivity (Wildman–Crippen MR) is 89.9 cm³/mol. The quantitative estimate of drug-likeness (QED) is 0.942. The first-order valence-electron chi connectivity index (χ1n) is 8.07. The van der Waals surface area contributed by atoms with E-state index in [-0.39, 0.29) is 0 Å². The minimum atomic E-state index is 0.684. The van der Waals surface area contributed by atoms with Crippen molar-refractivity contribution in [1.29, 1.82) is 5.26 Å². The van der Waals surface area contributed by atoms with Gasteiger partial charge in [0.25, 0.3) is 0 Å². The molecule has 22 heavy (non-hydrogen) atoms. The van der Waals surface area contributed by atoms with Gasteiger partial charge in [0.15, 0.2) is 0 Å². The smallest absolute Gasteiger partial charge is 0.103 e. The Bertz CT molecular complexity index is 681. The number of fused-ring (bicyclic) bond motifs is 1. The number of hydrogen-bond donors (Lipinski definition) is 1. The van der Waals surface area contributed by atoms with Crippen LogP contribution in [-0.4, -0.2) is 31.2 Å². The Kier molecular flexibility index (Phi) is 4.55. The number of hydrogen-bond acceptors (Lipinski definition) is 4. The minimum absolute atomic E-state index is 0.684. The molecule has 1 N–H and O–H groups in total. The number of rotatable bonds is 4. The lowest BCUT2D eigenvalue weighted by molar-refractivity contribution is 0.387. The largest absolute Gasteiger partial charge is 0.370 e. The molecule has 0 unspecified atom stereocenters. The molecule has 1 aromatic carbocycles. The zero-order chi connectivity index (χ0) is 15.4. The van der Waals surface area contributed by atoms with Crippen LogP contribution < -0.4 is 10.2 Å². The number of aromatic nitrogens is 1. The van der Waals surface area contributed by atoms with E-state index in [1.54, 1.807) is 6.20 Å². The van der Waals surface area contributed by atoms with Crippen LogP contribution in [0.2, 0.25) is 0 Å². The summed E-state index contributed by atoms with van der Waals surface area (Å²) in [5.41, 5.74) is 2.71. The molecule has 4 nitrogen and oxygen atoms in total. The highest BCUT2D eigenvalue weighted by Crippen LogP contribution is 2.32. The maximum Gasteiger partial charge on any atom is 0.103 e. The molecule has 3 rings (SSSR count). The van der Waals surface area contributed by atoms with Gasteiger partial charge >= 0.3 is 0 Å². The van der Waals surface area contributed by atoms with Crippen molar-refractivity contribution in [3.8, 4) is 6.07 Å². The molecule has 0 saturated carbocycles. The van der Waals surface area contributed by atoms with Crippen molar-refractivity contribution in [2.75, 3.05) is 31.1 Å². The first-order valence-corrected chi connectivity index (χ1v) is 8.07. The van der Waals surface area contributed by atoms with E-state index in [1.807, 2.05) is 18.2 Å². The fourth-order valence-electron chi connectivity index (χ4n) is 3.26. The zero-order valence-electron chi connectivity index (χ0n) is 13.0. The van der Waals surface area contributed by atoms with Crippen LogP contribution in [0.4, 0.5) is 5.69 Å². The minimum Gasteiger partial charge on any atom is -0.370 e. The van der Waals surface area contributed by atoms with E-state index in [4.69, 9.17) is 0 Å². The fraction of sp³-hybridized carbons (Fsp3) is 0.444. The van der Waals surface area contributed by atoms with Gasteiger partial charge in [-0.05, 0) is 37.9 Å². The first-order chi connectivity index (χ1) is 10.8. The summed E-state index contributed by atoms with van der Waals surface area (Å²) in [5.74, 6) is 0.745. The van der Waals surface area contributed by atoms with Crippen molar-refractivity contribution in [1.82, 2.24) is 10.3 Å². The number of piperidine rings is 1. The summed E-state index contributed by atoms with van der Waals surface area (Å²) in [6.07, 6.45) is 4.06. The summed E-state index contributed by atoms with van der Waals surface area (Å²) in [7, 11) is 0. The average Bonchev–Trinajstić information content (AvgIpc) is 2.59. The molecule has 0 aliphatic carbocycles. The lowest BCUT2D eigenvalue weighted by Gasteiger charge is -2.34. The molecule has 1 aromatic heterocycles. The van der Waals surface area contributed by atoms with Gasteiger partial charge in [0.2, 0.25) is 0 Å². The van der Waals surface area contributed by atoms with Crippen LogP contribution in [0, 0.1) is 17.2 Å². The lowest BCUT2D eigenvalue weighted by atomic mass is 9.95. The molecular formula is C18H22N4. The molecule has 0 amide bonds. The van der Waals surface area contributed by atoms with Crippen molar-refractivity contribution in [2.45, 2.75) is 19.8 Å². The van der Waals surface area contributed by atoms with Crippen LogP contribution in [0.15, 0.2) is 30.5 Å². The van der Waals surface area contributed by atoms with E-state index < -0.39 is 0 Å². The van der Waals surface area contributed by atoms with Crippen molar-refractivity contribution in [3.05, 3.63) is 36.0 Å². The molecule has 0 bridgehead atoms. The Hall–Kier alpha value is -2.12. The molecule has 1 aliphatic rings. The third-order valence-corrected chi connectivity index (χ3v) is 4.48. The van der Waals surface area contributed by atoms with Gasteiger partial charge in [0.1, 0.15) is 6.07 Å². The summed E-state index contributed by atoms with van der Waals surface area (Å²) in [5, 5.41) is 14.0. The second-order valence-corrected chi connectivity index (χ2v) is 5.89. The summed E-state index contributed by atoms with van der Waals surface area (Å²) in [6, 6.07) is 10.4. The average molecular weight is 294 g/mol. The van der Waals surface area contributed by atoms with Gasteiger partial charge in [-0.3, -0.25) is 4.98 Å². The number of nitrogens with one attached hydrogen (secondary N) is 1. The number of pyridine rings is 1. The van der Waals surface area contributed by atoms with Crippen LogP contribution in [-0.2, 0) is 0 Å². The molecule has 0 spiro atoms. The van der Waals surface area contributed by atoms with Gasteiger partial charge in [-0.2, -0.15) is 5.26 Å². The topological polar surface area (TPSA) is 52.0 Å². The lowest BCUT2D eigenvalue weighted by Crippen LogP contribution is -2.37. The van der Waals surface area contributed by atoms with Crippen LogP contribution in [0.3, 0.4) is 0 Å². The maximum absolute atomic E-state index is 9.45. The van der Waals surface area contributed by atoms with Gasteiger partial charge in [-0.15, -0.1) is 0 Å². The van der Waals surface area contributed by atoms with Crippen molar-refractivity contribution in [3.63, 3.8) is 0 Å². The predicted octanol–water partition coefficient (Wildman–Crippen LogP) is 2.93. The van der Waals surface area contributed by atoms with Gasteiger partial charge in [-0.25, -0.2) is 0 Å². The Morgan fingerprint density at radius 2 is 2.09 bits per heavy atom. The normalized spacial score (nSPS) is 15.9. The van der Waals surface area contributed by atoms with Gasteiger partial charge in [0, 0.05) is 24.7 Å². The van der Waals surface area contributed by atoms with Gasteiger partial charge in [-0.1, -0.05) is 25.1 Å². The number of nitriles is 1. The Balaban J connectivity index is 1.86. The molecule has 1 aliphatic heterocycles. The standard InChI is InChI=1S/C18H22N4/c1-2-20-12-14-7-9-22(10-8-14)18-15(11-19)13-21-17-6-4-3-5-16(17)18/h3-6,13-14,20H,2,7-10,12H2,1H3. The summed E-state index contributed by atoms with van der Waals surface area (Å²) >= 11 is 0. The third-order valence-electron chi connectivity index (χ3n) is 4.48. The van der Waals surface area contributed by atoms with E-state index in [0.717, 1.165) is 48.7 Å². The van der Waals surface area contributed by atoms with Gasteiger partial charge < -0.3 is 10.2 Å². The van der Waals surface area contributed by atoms with Crippen molar-refractivity contribution < 1.29 is 0 Å². The second-order valence-electron chi connectivity index (χ2n) is 5.89. The van der Waals surface area contributed by atoms with E-state index in [1.165, 1.54) is 12.8 Å². The van der Waals surface area contributed by atoms with E-state index in [2.05, 4.69) is 34.3 Å². The molecule has 0 atom stereocenters. The SMILES string of the molecule is CCNCC1CCN(c2c(C#N)cnc3ccccc23)CC1. The van der Waals surface area contributed by atoms with Crippen LogP contribution >= 0.6 is 0 Å². The molecule has 1 saturated heterocycles. The number of benzene rings is 1. The first kappa shape index (κ1) is 14.8. The van der Waals surface area contributed by atoms with E-state index in [0.29, 0.717) is 5.56 Å². The van der Waals surface area contributed by atoms with Crippen molar-refractivity contribution >= 4 is 16.6 Å². The van der Waals surface area contributed by atoms with Gasteiger partial charge in [0.05, 0.1) is 16.8 Å². The molecule has 0 radical (unpaired) electrons. The zero-order valence-corrected chi connectivity index (χ0v) is 13.0. The van der Waals surface area contributed by atoms with E-state index in [9.17, 15) is 5.26 Å². The Labute approximate surface area is 131 Å². The Morgan fingerprint density at radius 3 is 2.82 bits per heavy atom. The van der Waals surface area contributed by atoms with E-state index >= 15 is 0 Å². The summed E-state index contributed by atoms with van der Waals surface area (Å²) < 4.78 is 0. The highest BCUT2D eigenvalue weighted by molar-refractivity contribution is 5.94. The molecular weight excluding hydrogens is 272 g/mol. The highest BCUT2D eigenvalue weighted by atomic mass is 15.1. The van der Waals surface area contributed by atoms with Crippen LogP contribution in [0.5, 0.6) is 0 Å². The van der Waals surface area contributed by atoms with Crippen LogP contribution in [0.1, 0.15) is 25.3 Å². The molecule has 114 valence electrons. The summed E-state index contributed by atoms with van der Waals surface area (Å²) in [6.45, 7) is 6.31. The van der Waals surface area contributed by atoms with Crippen LogP contribution in [0.25, 0.3) is 10.9 Å². The fourth-order valence-corrected chi connectivity index (χ4v) is 3.26. The second kappa shape index (κ2) is 6.76. The third kappa shape index (κ3) is 2.90. The molecule has 4 heteroatoms. The highest BCUT2D eigenvalue weighted by Gasteiger charge is 2.22.